The van der Waals surface area contributed by atoms with Crippen molar-refractivity contribution < 1.29 is 14.3 Å². The average Bonchev–Trinajstić information content (AvgIpc) is 3.34. The van der Waals surface area contributed by atoms with Crippen LogP contribution in [0.25, 0.3) is 5.82 Å². The molecule has 2 aliphatic heterocycles. The largest absolute Gasteiger partial charge is 0.457 e. The highest BCUT2D eigenvalue weighted by molar-refractivity contribution is 7.27. The summed E-state index contributed by atoms with van der Waals surface area (Å²) < 4.78 is 13.5. The number of fused-ring (bicyclic) bond motifs is 1. The lowest BCUT2D eigenvalue weighted by Gasteiger charge is -2.45. The minimum atomic E-state index is -0.896. The van der Waals surface area contributed by atoms with E-state index in [4.69, 9.17) is 20.2 Å². The van der Waals surface area contributed by atoms with Crippen molar-refractivity contribution in [3.63, 3.8) is 0 Å². The van der Waals surface area contributed by atoms with Crippen LogP contribution in [0.2, 0.25) is 0 Å². The van der Waals surface area contributed by atoms with Gasteiger partial charge in [-0.05, 0) is 35.5 Å². The smallest absolute Gasteiger partial charge is 0.235 e. The summed E-state index contributed by atoms with van der Waals surface area (Å²) in [5.41, 5.74) is 6.05. The van der Waals surface area contributed by atoms with Gasteiger partial charge in [-0.2, -0.15) is 5.10 Å². The van der Waals surface area contributed by atoms with Gasteiger partial charge in [-0.1, -0.05) is 6.07 Å². The van der Waals surface area contributed by atoms with E-state index in [1.165, 1.54) is 11.2 Å². The molecule has 32 heavy (non-hydrogen) atoms. The third kappa shape index (κ3) is 3.41. The summed E-state index contributed by atoms with van der Waals surface area (Å²) in [7, 11) is 4.37. The zero-order valence-electron chi connectivity index (χ0n) is 17.4. The Balaban J connectivity index is 1.53. The van der Waals surface area contributed by atoms with Crippen molar-refractivity contribution in [2.45, 2.75) is 12.0 Å². The first-order chi connectivity index (χ1) is 15.5. The molecule has 11 heteroatoms. The predicted octanol–water partition coefficient (Wildman–Crippen LogP) is 0.973. The van der Waals surface area contributed by atoms with E-state index in [-0.39, 0.29) is 24.4 Å². The summed E-state index contributed by atoms with van der Waals surface area (Å²) in [6.45, 7) is 0.778. The monoisotopic (exact) mass is 451 g/mol. The molecule has 3 atom stereocenters. The van der Waals surface area contributed by atoms with Crippen LogP contribution in [0.4, 0.5) is 0 Å². The number of aliphatic imine (C=N–C) groups is 1. The van der Waals surface area contributed by atoms with E-state index < -0.39 is 5.54 Å². The first-order valence-electron chi connectivity index (χ1n) is 10.1. The molecule has 3 aromatic rings. The number of aromatic nitrogens is 4. The first kappa shape index (κ1) is 20.5. The summed E-state index contributed by atoms with van der Waals surface area (Å²) in [5, 5.41) is 5.00. The fourth-order valence-electron chi connectivity index (χ4n) is 4.18. The summed E-state index contributed by atoms with van der Waals surface area (Å²) in [4.78, 5) is 27.5. The van der Waals surface area contributed by atoms with Gasteiger partial charge in [0.15, 0.2) is 11.8 Å². The van der Waals surface area contributed by atoms with Gasteiger partial charge in [0.1, 0.15) is 29.7 Å². The molecule has 1 saturated heterocycles. The summed E-state index contributed by atoms with van der Waals surface area (Å²) >= 11 is 0. The number of pyridine rings is 1. The number of guanidine groups is 1. The second kappa shape index (κ2) is 7.96. The summed E-state index contributed by atoms with van der Waals surface area (Å²) in [5.74, 6) is 1.54. The van der Waals surface area contributed by atoms with Gasteiger partial charge in [-0.25, -0.2) is 19.6 Å². The molecule has 3 unspecified atom stereocenters. The Hall–Kier alpha value is -3.36. The molecule has 1 amide bonds. The quantitative estimate of drug-likeness (QED) is 0.587. The SMILES string of the molecule is CN1C(=O)C2CCOCC2(c2cc(Oc3ccnc(-n4cncn4)c3)ccc2P)N=C1N. The second-order valence-corrected chi connectivity index (χ2v) is 8.35. The van der Waals surface area contributed by atoms with Crippen LogP contribution in [0, 0.1) is 5.92 Å². The number of hydrogen-bond donors (Lipinski definition) is 1. The van der Waals surface area contributed by atoms with Gasteiger partial charge < -0.3 is 15.2 Å². The Morgan fingerprint density at radius 2 is 2.12 bits per heavy atom. The maximum Gasteiger partial charge on any atom is 0.235 e. The van der Waals surface area contributed by atoms with Crippen molar-refractivity contribution in [2.24, 2.45) is 16.6 Å². The highest BCUT2D eigenvalue weighted by Gasteiger charge is 2.52. The van der Waals surface area contributed by atoms with Crippen LogP contribution in [0.1, 0.15) is 12.0 Å². The van der Waals surface area contributed by atoms with E-state index in [2.05, 4.69) is 24.3 Å². The Labute approximate surface area is 186 Å². The molecular weight excluding hydrogens is 429 g/mol. The fourth-order valence-corrected chi connectivity index (χ4v) is 4.61. The van der Waals surface area contributed by atoms with Crippen LogP contribution in [0.5, 0.6) is 11.5 Å². The van der Waals surface area contributed by atoms with Gasteiger partial charge >= 0.3 is 0 Å². The van der Waals surface area contributed by atoms with Crippen LogP contribution in [0.15, 0.2) is 54.2 Å². The van der Waals surface area contributed by atoms with Crippen molar-refractivity contribution in [1.29, 1.82) is 0 Å². The maximum atomic E-state index is 13.0. The van der Waals surface area contributed by atoms with Crippen LogP contribution in [-0.2, 0) is 15.1 Å². The van der Waals surface area contributed by atoms with Crippen molar-refractivity contribution in [3.05, 3.63) is 54.7 Å². The lowest BCUT2D eigenvalue weighted by Crippen LogP contribution is -2.59. The van der Waals surface area contributed by atoms with Crippen LogP contribution < -0.4 is 15.8 Å². The predicted molar refractivity (Wildman–Crippen MR) is 120 cm³/mol. The average molecular weight is 451 g/mol. The number of nitrogens with zero attached hydrogens (tertiary/aromatic N) is 6. The fraction of sp³-hybridized carbons (Fsp3) is 0.286. The van der Waals surface area contributed by atoms with E-state index in [1.807, 2.05) is 18.2 Å². The Morgan fingerprint density at radius 1 is 1.28 bits per heavy atom. The molecule has 2 aromatic heterocycles. The summed E-state index contributed by atoms with van der Waals surface area (Å²) in [6, 6.07) is 9.21. The normalized spacial score (nSPS) is 22.9. The van der Waals surface area contributed by atoms with Gasteiger partial charge in [0.25, 0.3) is 0 Å². The van der Waals surface area contributed by atoms with E-state index in [1.54, 1.807) is 36.4 Å². The highest BCUT2D eigenvalue weighted by atomic mass is 31.0. The Morgan fingerprint density at radius 3 is 2.94 bits per heavy atom. The summed E-state index contributed by atoms with van der Waals surface area (Å²) in [6.07, 6.45) is 5.22. The maximum absolute atomic E-state index is 13.0. The minimum Gasteiger partial charge on any atom is -0.457 e. The second-order valence-electron chi connectivity index (χ2n) is 7.73. The van der Waals surface area contributed by atoms with Gasteiger partial charge in [0.05, 0.1) is 12.5 Å². The molecular formula is C21H22N7O3P. The third-order valence-electron chi connectivity index (χ3n) is 5.83. The van der Waals surface area contributed by atoms with Crippen LogP contribution >= 0.6 is 9.24 Å². The number of amides is 1. The molecule has 2 aliphatic rings. The van der Waals surface area contributed by atoms with Gasteiger partial charge in [-0.3, -0.25) is 9.69 Å². The zero-order valence-corrected chi connectivity index (χ0v) is 18.5. The molecule has 0 radical (unpaired) electrons. The van der Waals surface area contributed by atoms with Gasteiger partial charge in [0.2, 0.25) is 5.91 Å². The number of nitrogens with two attached hydrogens (primary N) is 1. The van der Waals surface area contributed by atoms with Gasteiger partial charge in [0, 0.05) is 25.9 Å². The van der Waals surface area contributed by atoms with Crippen LogP contribution in [-0.4, -0.2) is 56.8 Å². The van der Waals surface area contributed by atoms with E-state index >= 15 is 0 Å². The lowest BCUT2D eigenvalue weighted by atomic mass is 9.74. The van der Waals surface area contributed by atoms with E-state index in [9.17, 15) is 4.79 Å². The molecule has 0 saturated carbocycles. The molecule has 1 fully saturated rings. The van der Waals surface area contributed by atoms with Gasteiger partial charge in [-0.15, -0.1) is 9.24 Å². The van der Waals surface area contributed by atoms with E-state index in [0.717, 1.165) is 10.9 Å². The number of carbonyl (C=O) groups excluding carboxylic acids is 1. The number of ether oxygens (including phenoxy) is 2. The van der Waals surface area contributed by atoms with E-state index in [0.29, 0.717) is 30.3 Å². The standard InChI is InChI=1S/C21H22N7O3P/c1-27-19(29)15-5-7-30-10-21(15,26-20(27)22)16-8-13(2-3-17(16)32)31-14-4-6-24-18(9-14)28-12-23-11-25-28/h2-4,6,8-9,11-12,15H,5,7,10,32H2,1H3,(H2,22,26). The zero-order chi connectivity index (χ0) is 22.3. The van der Waals surface area contributed by atoms with Crippen molar-refractivity contribution in [3.8, 4) is 17.3 Å². The number of carbonyl (C=O) groups is 1. The van der Waals surface area contributed by atoms with Crippen molar-refractivity contribution >= 4 is 26.4 Å². The molecule has 10 nitrogen and oxygen atoms in total. The Kier molecular flexibility index (Phi) is 5.11. The molecule has 0 bridgehead atoms. The molecule has 0 aliphatic carbocycles. The first-order valence-corrected chi connectivity index (χ1v) is 10.7. The minimum absolute atomic E-state index is 0.0527. The highest BCUT2D eigenvalue weighted by Crippen LogP contribution is 2.43. The molecule has 5 rings (SSSR count). The lowest BCUT2D eigenvalue weighted by molar-refractivity contribution is -0.140. The molecule has 4 heterocycles. The number of benzene rings is 1. The third-order valence-corrected chi connectivity index (χ3v) is 6.34. The molecule has 2 N–H and O–H groups in total. The topological polar surface area (TPSA) is 121 Å². The molecule has 0 spiro atoms. The molecule has 1 aromatic carbocycles. The van der Waals surface area contributed by atoms with Crippen molar-refractivity contribution in [1.82, 2.24) is 24.6 Å². The Bertz CT molecular complexity index is 1200. The number of hydrogen-bond acceptors (Lipinski definition) is 8. The van der Waals surface area contributed by atoms with Crippen molar-refractivity contribution in [2.75, 3.05) is 20.3 Å². The number of rotatable bonds is 4. The van der Waals surface area contributed by atoms with Crippen LogP contribution in [0.3, 0.4) is 0 Å². The molecule has 164 valence electrons.